The van der Waals surface area contributed by atoms with Crippen LogP contribution in [0.1, 0.15) is 16.1 Å². The number of nitrogens with two attached hydrogens (primary N) is 1. The van der Waals surface area contributed by atoms with Crippen molar-refractivity contribution >= 4 is 22.5 Å². The topological polar surface area (TPSA) is 95.1 Å². The number of carbonyl (C=O) groups excluding carboxylic acids is 1. The minimum absolute atomic E-state index is 0.434. The number of hydrogen-bond acceptors (Lipinski definition) is 5. The summed E-state index contributed by atoms with van der Waals surface area (Å²) in [6.07, 6.45) is 1.69. The van der Waals surface area contributed by atoms with Gasteiger partial charge in [0.05, 0.1) is 22.5 Å². The highest BCUT2D eigenvalue weighted by Gasteiger charge is 2.11. The Labute approximate surface area is 168 Å². The van der Waals surface area contributed by atoms with Crippen LogP contribution in [0.3, 0.4) is 0 Å². The highest BCUT2D eigenvalue weighted by atomic mass is 16.5. The van der Waals surface area contributed by atoms with Gasteiger partial charge in [0.15, 0.2) is 0 Å². The summed E-state index contributed by atoms with van der Waals surface area (Å²) in [6, 6.07) is 14.9. The van der Waals surface area contributed by atoms with E-state index in [4.69, 9.17) is 10.5 Å². The summed E-state index contributed by atoms with van der Waals surface area (Å²) in [6.45, 7) is 1.99. The molecule has 0 atom stereocenters. The number of anilines is 1. The van der Waals surface area contributed by atoms with E-state index < -0.39 is 5.91 Å². The van der Waals surface area contributed by atoms with Gasteiger partial charge in [-0.15, -0.1) is 0 Å². The Hall–Kier alpha value is -3.87. The van der Waals surface area contributed by atoms with Crippen LogP contribution in [0.25, 0.3) is 22.2 Å². The van der Waals surface area contributed by atoms with E-state index in [9.17, 15) is 4.79 Å². The maximum absolute atomic E-state index is 11.5. The second-order valence-corrected chi connectivity index (χ2v) is 6.74. The zero-order chi connectivity index (χ0) is 20.5. The first-order valence-electron chi connectivity index (χ1n) is 9.15. The maximum atomic E-state index is 11.5. The summed E-state index contributed by atoms with van der Waals surface area (Å²) in [5, 5.41) is 8.54. The Morgan fingerprint density at radius 1 is 1.10 bits per heavy atom. The third-order valence-electron chi connectivity index (χ3n) is 4.82. The van der Waals surface area contributed by atoms with Gasteiger partial charge in [-0.05, 0) is 37.3 Å². The molecule has 1 amide bonds. The van der Waals surface area contributed by atoms with Gasteiger partial charge in [-0.2, -0.15) is 5.10 Å². The van der Waals surface area contributed by atoms with E-state index in [1.54, 1.807) is 25.4 Å². The zero-order valence-electron chi connectivity index (χ0n) is 16.4. The molecule has 0 spiro atoms. The fraction of sp³-hybridized carbons (Fsp3) is 0.136. The lowest BCUT2D eigenvalue weighted by Gasteiger charge is -2.10. The van der Waals surface area contributed by atoms with Crippen molar-refractivity contribution in [1.29, 1.82) is 0 Å². The van der Waals surface area contributed by atoms with Gasteiger partial charge in [-0.25, -0.2) is 0 Å². The van der Waals surface area contributed by atoms with Crippen molar-refractivity contribution < 1.29 is 9.53 Å². The number of aryl methyl sites for hydroxylation is 2. The summed E-state index contributed by atoms with van der Waals surface area (Å²) in [5.74, 6) is 0.905. The van der Waals surface area contributed by atoms with Gasteiger partial charge in [0.2, 0.25) is 0 Å². The number of nitrogens with one attached hydrogen (secondary N) is 1. The molecule has 7 heteroatoms. The molecule has 0 aliphatic heterocycles. The standard InChI is InChI=1S/C22H21N5O2/c1-13-17-7-5-15(12-21(17)27(3)26-13)29-16-8-9-25-19(11-16)14-4-6-18(22(23)28)20(10-14)24-2/h4-12,24H,1-3H3,(H2,23,28). The largest absolute Gasteiger partial charge is 0.457 e. The lowest BCUT2D eigenvalue weighted by molar-refractivity contribution is 0.100. The maximum Gasteiger partial charge on any atom is 0.250 e. The third-order valence-corrected chi connectivity index (χ3v) is 4.82. The normalized spacial score (nSPS) is 10.9. The smallest absolute Gasteiger partial charge is 0.250 e. The Morgan fingerprint density at radius 2 is 1.90 bits per heavy atom. The van der Waals surface area contributed by atoms with Gasteiger partial charge >= 0.3 is 0 Å². The number of benzene rings is 2. The predicted molar refractivity (Wildman–Crippen MR) is 113 cm³/mol. The van der Waals surface area contributed by atoms with Crippen LogP contribution in [0.2, 0.25) is 0 Å². The van der Waals surface area contributed by atoms with E-state index in [0.717, 1.165) is 33.6 Å². The van der Waals surface area contributed by atoms with Crippen LogP contribution < -0.4 is 15.8 Å². The van der Waals surface area contributed by atoms with Gasteiger partial charge in [0.1, 0.15) is 11.5 Å². The van der Waals surface area contributed by atoms with E-state index >= 15 is 0 Å². The van der Waals surface area contributed by atoms with Crippen LogP contribution in [0.4, 0.5) is 5.69 Å². The molecule has 2 aromatic heterocycles. The van der Waals surface area contributed by atoms with Crippen molar-refractivity contribution in [2.24, 2.45) is 12.8 Å². The molecule has 2 aromatic carbocycles. The number of fused-ring (bicyclic) bond motifs is 1. The van der Waals surface area contributed by atoms with Crippen LogP contribution in [-0.4, -0.2) is 27.7 Å². The molecule has 29 heavy (non-hydrogen) atoms. The van der Waals surface area contributed by atoms with Crippen LogP contribution in [0.5, 0.6) is 11.5 Å². The molecule has 0 aliphatic rings. The van der Waals surface area contributed by atoms with Gasteiger partial charge in [-0.1, -0.05) is 6.07 Å². The van der Waals surface area contributed by atoms with E-state index in [2.05, 4.69) is 15.4 Å². The lowest BCUT2D eigenvalue weighted by Crippen LogP contribution is -2.13. The molecule has 4 rings (SSSR count). The molecule has 0 bridgehead atoms. The number of pyridine rings is 1. The number of amides is 1. The Morgan fingerprint density at radius 3 is 2.66 bits per heavy atom. The number of ether oxygens (including phenoxy) is 1. The van der Waals surface area contributed by atoms with E-state index in [1.165, 1.54) is 0 Å². The van der Waals surface area contributed by atoms with Crippen LogP contribution in [-0.2, 0) is 7.05 Å². The van der Waals surface area contributed by atoms with Crippen molar-refractivity contribution in [2.45, 2.75) is 6.92 Å². The molecule has 3 N–H and O–H groups in total. The fourth-order valence-electron chi connectivity index (χ4n) is 3.38. The molecule has 0 fully saturated rings. The quantitative estimate of drug-likeness (QED) is 0.542. The molecule has 146 valence electrons. The van der Waals surface area contributed by atoms with Crippen molar-refractivity contribution in [3.05, 3.63) is 66.0 Å². The van der Waals surface area contributed by atoms with E-state index in [1.807, 2.05) is 55.1 Å². The molecule has 7 nitrogen and oxygen atoms in total. The average Bonchev–Trinajstić information content (AvgIpc) is 3.00. The lowest BCUT2D eigenvalue weighted by atomic mass is 10.1. The highest BCUT2D eigenvalue weighted by Crippen LogP contribution is 2.30. The molecule has 0 aliphatic carbocycles. The van der Waals surface area contributed by atoms with Crippen molar-refractivity contribution in [2.75, 3.05) is 12.4 Å². The average molecular weight is 387 g/mol. The molecular formula is C22H21N5O2. The zero-order valence-corrected chi connectivity index (χ0v) is 16.4. The molecule has 0 saturated heterocycles. The number of primary amides is 1. The summed E-state index contributed by atoms with van der Waals surface area (Å²) in [5.41, 5.74) is 10.1. The number of nitrogens with zero attached hydrogens (tertiary/aromatic N) is 3. The molecule has 4 aromatic rings. The molecule has 0 unspecified atom stereocenters. The van der Waals surface area contributed by atoms with Crippen molar-refractivity contribution in [3.63, 3.8) is 0 Å². The first-order valence-corrected chi connectivity index (χ1v) is 9.15. The molecule has 2 heterocycles. The Kier molecular flexibility index (Phi) is 4.64. The summed E-state index contributed by atoms with van der Waals surface area (Å²) in [4.78, 5) is 16.0. The summed E-state index contributed by atoms with van der Waals surface area (Å²) in [7, 11) is 3.66. The van der Waals surface area contributed by atoms with Gasteiger partial charge in [-0.3, -0.25) is 14.5 Å². The van der Waals surface area contributed by atoms with Crippen molar-refractivity contribution in [3.8, 4) is 22.8 Å². The second kappa shape index (κ2) is 7.27. The highest BCUT2D eigenvalue weighted by molar-refractivity contribution is 5.99. The summed E-state index contributed by atoms with van der Waals surface area (Å²) >= 11 is 0. The van der Waals surface area contributed by atoms with Gasteiger partial charge < -0.3 is 15.8 Å². The van der Waals surface area contributed by atoms with Crippen LogP contribution in [0.15, 0.2) is 54.7 Å². The third kappa shape index (κ3) is 3.50. The van der Waals surface area contributed by atoms with E-state index in [-0.39, 0.29) is 0 Å². The SMILES string of the molecule is CNc1cc(-c2cc(Oc3ccc4c(C)nn(C)c4c3)ccn2)ccc1C(N)=O. The number of hydrogen-bond donors (Lipinski definition) is 2. The number of rotatable bonds is 5. The van der Waals surface area contributed by atoms with Crippen LogP contribution in [0, 0.1) is 6.92 Å². The Bertz CT molecular complexity index is 1230. The first kappa shape index (κ1) is 18.5. The molecular weight excluding hydrogens is 366 g/mol. The second-order valence-electron chi connectivity index (χ2n) is 6.74. The predicted octanol–water partition coefficient (Wildman–Crippen LogP) is 3.88. The molecule has 0 radical (unpaired) electrons. The van der Waals surface area contributed by atoms with E-state index in [0.29, 0.717) is 17.0 Å². The number of carbonyl (C=O) groups is 1. The van der Waals surface area contributed by atoms with Gasteiger partial charge in [0, 0.05) is 49.1 Å². The monoisotopic (exact) mass is 387 g/mol. The number of aromatic nitrogens is 3. The van der Waals surface area contributed by atoms with Gasteiger partial charge in [0.25, 0.3) is 5.91 Å². The minimum Gasteiger partial charge on any atom is -0.457 e. The summed E-state index contributed by atoms with van der Waals surface area (Å²) < 4.78 is 7.90. The molecule has 0 saturated carbocycles. The minimum atomic E-state index is -0.480. The van der Waals surface area contributed by atoms with Crippen molar-refractivity contribution in [1.82, 2.24) is 14.8 Å². The first-order chi connectivity index (χ1) is 14.0. The fourth-order valence-corrected chi connectivity index (χ4v) is 3.38. The Balaban J connectivity index is 1.66. The van der Waals surface area contributed by atoms with Crippen LogP contribution >= 0.6 is 0 Å².